The third-order valence-corrected chi connectivity index (χ3v) is 5.93. The molecule has 3 atom stereocenters. The fourth-order valence-corrected chi connectivity index (χ4v) is 4.43. The topological polar surface area (TPSA) is 29.1 Å². The summed E-state index contributed by atoms with van der Waals surface area (Å²) in [7, 11) is -0.793. The third kappa shape index (κ3) is 4.03. The first-order valence-corrected chi connectivity index (χ1v) is 8.92. The Morgan fingerprint density at radius 2 is 2.15 bits per heavy atom. The molecule has 1 aromatic carbocycles. The van der Waals surface area contributed by atoms with Crippen LogP contribution in [0.4, 0.5) is 4.39 Å². The smallest absolute Gasteiger partial charge is 0.127 e. The first-order valence-electron chi connectivity index (χ1n) is 7.16. The Morgan fingerprint density at radius 1 is 1.40 bits per heavy atom. The van der Waals surface area contributed by atoms with Crippen molar-refractivity contribution in [1.29, 1.82) is 0 Å². The van der Waals surface area contributed by atoms with Gasteiger partial charge in [0.05, 0.1) is 5.25 Å². The number of rotatable bonds is 5. The van der Waals surface area contributed by atoms with Crippen LogP contribution in [-0.2, 0) is 17.3 Å². The van der Waals surface area contributed by atoms with E-state index in [0.717, 1.165) is 25.7 Å². The van der Waals surface area contributed by atoms with E-state index in [1.807, 2.05) is 6.92 Å². The van der Waals surface area contributed by atoms with Gasteiger partial charge in [-0.2, -0.15) is 0 Å². The van der Waals surface area contributed by atoms with E-state index in [-0.39, 0.29) is 17.1 Å². The van der Waals surface area contributed by atoms with Crippen LogP contribution in [0.15, 0.2) is 18.2 Å². The molecule has 0 aromatic heterocycles. The van der Waals surface area contributed by atoms with Crippen LogP contribution in [0.25, 0.3) is 0 Å². The molecule has 5 heteroatoms. The standard InChI is InChI=1S/C15H21ClFNOS/c1-2-20(19)15-6-4-3-5-14(15)18-10-11-9-12(16)7-8-13(11)17/h7-9,14-15,18H,2-6,10H2,1H3. The van der Waals surface area contributed by atoms with Crippen LogP contribution < -0.4 is 5.32 Å². The van der Waals surface area contributed by atoms with Crippen LogP contribution in [0.3, 0.4) is 0 Å². The molecule has 3 unspecified atom stereocenters. The van der Waals surface area contributed by atoms with E-state index in [4.69, 9.17) is 11.6 Å². The van der Waals surface area contributed by atoms with E-state index >= 15 is 0 Å². The van der Waals surface area contributed by atoms with Crippen molar-refractivity contribution in [2.45, 2.75) is 50.4 Å². The van der Waals surface area contributed by atoms with Crippen LogP contribution in [0.1, 0.15) is 38.2 Å². The molecular formula is C15H21ClFNOS. The highest BCUT2D eigenvalue weighted by Crippen LogP contribution is 2.24. The lowest BCUT2D eigenvalue weighted by molar-refractivity contribution is 0.375. The van der Waals surface area contributed by atoms with Gasteiger partial charge in [0, 0.05) is 39.7 Å². The van der Waals surface area contributed by atoms with E-state index in [1.165, 1.54) is 6.07 Å². The second-order valence-electron chi connectivity index (χ2n) is 5.22. The highest BCUT2D eigenvalue weighted by molar-refractivity contribution is 7.85. The van der Waals surface area contributed by atoms with Crippen molar-refractivity contribution >= 4 is 22.4 Å². The highest BCUT2D eigenvalue weighted by atomic mass is 35.5. The molecule has 2 nitrogen and oxygen atoms in total. The van der Waals surface area contributed by atoms with Gasteiger partial charge < -0.3 is 5.32 Å². The Balaban J connectivity index is 2.00. The Morgan fingerprint density at radius 3 is 2.90 bits per heavy atom. The van der Waals surface area contributed by atoms with Gasteiger partial charge in [-0.3, -0.25) is 4.21 Å². The average molecular weight is 318 g/mol. The summed E-state index contributed by atoms with van der Waals surface area (Å²) in [4.78, 5) is 0. The summed E-state index contributed by atoms with van der Waals surface area (Å²) in [6.45, 7) is 2.40. The minimum absolute atomic E-state index is 0.191. The van der Waals surface area contributed by atoms with Gasteiger partial charge in [0.2, 0.25) is 0 Å². The lowest BCUT2D eigenvalue weighted by atomic mass is 9.94. The fourth-order valence-electron chi connectivity index (χ4n) is 2.78. The van der Waals surface area contributed by atoms with Crippen LogP contribution >= 0.6 is 11.6 Å². The molecular weight excluding hydrogens is 297 g/mol. The molecule has 0 saturated heterocycles. The monoisotopic (exact) mass is 317 g/mol. The molecule has 2 rings (SSSR count). The molecule has 1 saturated carbocycles. The lowest BCUT2D eigenvalue weighted by Gasteiger charge is -2.31. The van der Waals surface area contributed by atoms with E-state index in [9.17, 15) is 8.60 Å². The lowest BCUT2D eigenvalue weighted by Crippen LogP contribution is -2.44. The molecule has 0 bridgehead atoms. The zero-order valence-corrected chi connectivity index (χ0v) is 13.3. The van der Waals surface area contributed by atoms with Gasteiger partial charge in [0.25, 0.3) is 0 Å². The summed E-state index contributed by atoms with van der Waals surface area (Å²) >= 11 is 5.90. The van der Waals surface area contributed by atoms with Crippen molar-refractivity contribution in [2.24, 2.45) is 0 Å². The van der Waals surface area contributed by atoms with E-state index in [2.05, 4.69) is 5.32 Å². The average Bonchev–Trinajstić information content (AvgIpc) is 2.47. The Bertz CT molecular complexity index is 483. The van der Waals surface area contributed by atoms with Gasteiger partial charge in [0.15, 0.2) is 0 Å². The van der Waals surface area contributed by atoms with Crippen molar-refractivity contribution in [3.05, 3.63) is 34.6 Å². The third-order valence-electron chi connectivity index (χ3n) is 3.89. The van der Waals surface area contributed by atoms with E-state index in [1.54, 1.807) is 12.1 Å². The zero-order valence-electron chi connectivity index (χ0n) is 11.7. The SMILES string of the molecule is CCS(=O)C1CCCCC1NCc1cc(Cl)ccc1F. The van der Waals surface area contributed by atoms with Crippen LogP contribution in [0.5, 0.6) is 0 Å². The van der Waals surface area contributed by atoms with Crippen LogP contribution in [0.2, 0.25) is 5.02 Å². The summed E-state index contributed by atoms with van der Waals surface area (Å²) in [5, 5.41) is 4.11. The zero-order chi connectivity index (χ0) is 14.5. The largest absolute Gasteiger partial charge is 0.309 e. The molecule has 1 aliphatic carbocycles. The molecule has 1 aromatic rings. The van der Waals surface area contributed by atoms with Crippen LogP contribution in [0, 0.1) is 5.82 Å². The second kappa shape index (κ2) is 7.53. The molecule has 0 heterocycles. The summed E-state index contributed by atoms with van der Waals surface area (Å²) in [5.41, 5.74) is 0.573. The quantitative estimate of drug-likeness (QED) is 0.898. The number of nitrogens with one attached hydrogen (secondary N) is 1. The van der Waals surface area contributed by atoms with Crippen molar-refractivity contribution in [1.82, 2.24) is 5.32 Å². The number of hydrogen-bond acceptors (Lipinski definition) is 2. The molecule has 112 valence electrons. The number of benzene rings is 1. The predicted octanol–water partition coefficient (Wildman–Crippen LogP) is 3.65. The molecule has 1 aliphatic rings. The minimum atomic E-state index is -0.793. The van der Waals surface area contributed by atoms with Gasteiger partial charge in [0.1, 0.15) is 5.82 Å². The van der Waals surface area contributed by atoms with Crippen LogP contribution in [-0.4, -0.2) is 21.3 Å². The molecule has 1 N–H and O–H groups in total. The van der Waals surface area contributed by atoms with Gasteiger partial charge >= 0.3 is 0 Å². The number of halogens is 2. The highest BCUT2D eigenvalue weighted by Gasteiger charge is 2.28. The minimum Gasteiger partial charge on any atom is -0.309 e. The normalized spacial score (nSPS) is 24.6. The summed E-state index contributed by atoms with van der Waals surface area (Å²) in [6.07, 6.45) is 4.29. The Labute approximate surface area is 127 Å². The van der Waals surface area contributed by atoms with Crippen molar-refractivity contribution < 1.29 is 8.60 Å². The second-order valence-corrected chi connectivity index (χ2v) is 7.60. The summed E-state index contributed by atoms with van der Waals surface area (Å²) in [5.74, 6) is 0.444. The Kier molecular flexibility index (Phi) is 6.00. The van der Waals surface area contributed by atoms with Crippen molar-refractivity contribution in [3.8, 4) is 0 Å². The molecule has 20 heavy (non-hydrogen) atoms. The number of hydrogen-bond donors (Lipinski definition) is 1. The molecule has 0 radical (unpaired) electrons. The predicted molar refractivity (Wildman–Crippen MR) is 83.0 cm³/mol. The first-order chi connectivity index (χ1) is 9.61. The Hall–Kier alpha value is -0.450. The molecule has 0 aliphatic heterocycles. The summed E-state index contributed by atoms with van der Waals surface area (Å²) < 4.78 is 25.8. The molecule has 0 spiro atoms. The fraction of sp³-hybridized carbons (Fsp3) is 0.600. The first kappa shape index (κ1) is 15.9. The molecule has 1 fully saturated rings. The summed E-state index contributed by atoms with van der Waals surface area (Å²) in [6, 6.07) is 4.80. The molecule has 0 amide bonds. The van der Waals surface area contributed by atoms with Gasteiger partial charge in [-0.05, 0) is 31.0 Å². The van der Waals surface area contributed by atoms with E-state index in [0.29, 0.717) is 22.9 Å². The van der Waals surface area contributed by atoms with Crippen molar-refractivity contribution in [2.75, 3.05) is 5.75 Å². The maximum absolute atomic E-state index is 13.7. The van der Waals surface area contributed by atoms with E-state index < -0.39 is 10.8 Å². The van der Waals surface area contributed by atoms with Gasteiger partial charge in [-0.15, -0.1) is 0 Å². The van der Waals surface area contributed by atoms with Crippen molar-refractivity contribution in [3.63, 3.8) is 0 Å². The van der Waals surface area contributed by atoms with Gasteiger partial charge in [-0.25, -0.2) is 4.39 Å². The van der Waals surface area contributed by atoms with Gasteiger partial charge in [-0.1, -0.05) is 31.4 Å². The maximum Gasteiger partial charge on any atom is 0.127 e. The maximum atomic E-state index is 13.7.